The lowest BCUT2D eigenvalue weighted by Crippen LogP contribution is -2.62. The molecule has 45 heavy (non-hydrogen) atoms. The number of unbranched alkanes of at least 4 members (excludes halogenated alkanes) is 2. The quantitative estimate of drug-likeness (QED) is 0.217. The molecule has 0 saturated carbocycles. The van der Waals surface area contributed by atoms with Gasteiger partial charge in [0.05, 0.1) is 7.11 Å². The van der Waals surface area contributed by atoms with Crippen LogP contribution in [0.15, 0.2) is 53.7 Å². The summed E-state index contributed by atoms with van der Waals surface area (Å²) in [5.74, 6) is 0.123. The van der Waals surface area contributed by atoms with E-state index in [4.69, 9.17) is 4.74 Å². The molecule has 2 fully saturated rings. The highest BCUT2D eigenvalue weighted by atomic mass is 33.1. The summed E-state index contributed by atoms with van der Waals surface area (Å²) in [5, 5.41) is 8.86. The molecule has 4 rings (SSSR count). The number of carbonyl (C=O) groups is 4. The van der Waals surface area contributed by atoms with Crippen molar-refractivity contribution in [3.05, 3.63) is 54.4 Å². The highest BCUT2D eigenvalue weighted by molar-refractivity contribution is 8.76. The molecular weight excluding hydrogens is 611 g/mol. The normalized spacial score (nSPS) is 23.2. The van der Waals surface area contributed by atoms with Gasteiger partial charge in [0.2, 0.25) is 23.6 Å². The van der Waals surface area contributed by atoms with Crippen LogP contribution in [-0.4, -0.2) is 77.1 Å². The largest absolute Gasteiger partial charge is 0.497 e. The van der Waals surface area contributed by atoms with Gasteiger partial charge < -0.3 is 25.6 Å². The molecule has 2 aromatic rings. The molecule has 1 aromatic carbocycles. The van der Waals surface area contributed by atoms with Crippen molar-refractivity contribution in [1.29, 1.82) is 0 Å². The molecule has 2 aliphatic rings. The van der Waals surface area contributed by atoms with Gasteiger partial charge in [-0.3, -0.25) is 24.2 Å². The maximum Gasteiger partial charge on any atom is 0.246 e. The summed E-state index contributed by atoms with van der Waals surface area (Å²) in [6.07, 6.45) is 8.70. The lowest BCUT2D eigenvalue weighted by molar-refractivity contribution is -0.144. The SMILES string of the molecule is CCC(C)[C@@H]1NC(=O)[C@@H](Cc2ccc(OC)cc2)NC(=O)[C@H](CCCCCSSc2ccncc2)NC(=O)[C@H]2CCCN2C1=O. The number of benzene rings is 1. The van der Waals surface area contributed by atoms with Crippen LogP contribution in [0.4, 0.5) is 0 Å². The van der Waals surface area contributed by atoms with Crippen LogP contribution in [0.25, 0.3) is 0 Å². The van der Waals surface area contributed by atoms with Gasteiger partial charge in [0, 0.05) is 36.0 Å². The number of pyridine rings is 1. The number of fused-ring (bicyclic) bond motifs is 1. The number of aromatic nitrogens is 1. The van der Waals surface area contributed by atoms with Crippen molar-refractivity contribution in [2.24, 2.45) is 5.92 Å². The molecule has 2 aliphatic heterocycles. The Hall–Kier alpha value is -3.25. The zero-order valence-corrected chi connectivity index (χ0v) is 28.0. The topological polar surface area (TPSA) is 130 Å². The molecule has 10 nitrogen and oxygen atoms in total. The molecule has 0 aliphatic carbocycles. The minimum atomic E-state index is -0.930. The number of amides is 4. The van der Waals surface area contributed by atoms with E-state index in [1.54, 1.807) is 58.1 Å². The third-order valence-electron chi connectivity index (χ3n) is 8.51. The fraction of sp³-hybridized carbons (Fsp3) is 0.545. The van der Waals surface area contributed by atoms with Gasteiger partial charge in [-0.2, -0.15) is 0 Å². The molecule has 12 heteroatoms. The second-order valence-corrected chi connectivity index (χ2v) is 14.2. The van der Waals surface area contributed by atoms with E-state index >= 15 is 0 Å². The third kappa shape index (κ3) is 9.87. The molecular formula is C33H45N5O5S2. The Bertz CT molecular complexity index is 1280. The maximum absolute atomic E-state index is 13.8. The van der Waals surface area contributed by atoms with Gasteiger partial charge in [-0.15, -0.1) is 0 Å². The first-order valence-corrected chi connectivity index (χ1v) is 18.2. The van der Waals surface area contributed by atoms with Gasteiger partial charge in [-0.1, -0.05) is 66.8 Å². The summed E-state index contributed by atoms with van der Waals surface area (Å²) in [7, 11) is 5.08. The molecule has 5 atom stereocenters. The van der Waals surface area contributed by atoms with E-state index in [-0.39, 0.29) is 24.2 Å². The predicted octanol–water partition coefficient (Wildman–Crippen LogP) is 4.14. The maximum atomic E-state index is 13.8. The smallest absolute Gasteiger partial charge is 0.246 e. The summed E-state index contributed by atoms with van der Waals surface area (Å²) in [6.45, 7) is 4.33. The summed E-state index contributed by atoms with van der Waals surface area (Å²) < 4.78 is 5.27. The van der Waals surface area contributed by atoms with E-state index in [0.29, 0.717) is 38.0 Å². The van der Waals surface area contributed by atoms with Crippen LogP contribution in [-0.2, 0) is 25.6 Å². The average Bonchev–Trinajstić information content (AvgIpc) is 3.56. The van der Waals surface area contributed by atoms with E-state index in [1.165, 1.54) is 0 Å². The first-order valence-electron chi connectivity index (χ1n) is 15.8. The Kier molecular flexibility index (Phi) is 13.4. The van der Waals surface area contributed by atoms with Crippen LogP contribution in [0.1, 0.15) is 64.4 Å². The molecule has 1 aromatic heterocycles. The van der Waals surface area contributed by atoms with Crippen molar-refractivity contribution < 1.29 is 23.9 Å². The van der Waals surface area contributed by atoms with Crippen molar-refractivity contribution in [3.8, 4) is 5.75 Å². The molecule has 0 bridgehead atoms. The van der Waals surface area contributed by atoms with Gasteiger partial charge >= 0.3 is 0 Å². The third-order valence-corrected chi connectivity index (χ3v) is 11.0. The number of methoxy groups -OCH3 is 1. The van der Waals surface area contributed by atoms with E-state index in [2.05, 4.69) is 20.9 Å². The molecule has 3 N–H and O–H groups in total. The lowest BCUT2D eigenvalue weighted by atomic mass is 9.95. The van der Waals surface area contributed by atoms with Crippen molar-refractivity contribution in [2.75, 3.05) is 19.4 Å². The minimum absolute atomic E-state index is 0.153. The molecule has 2 saturated heterocycles. The number of nitrogens with one attached hydrogen (secondary N) is 3. The first-order chi connectivity index (χ1) is 21.8. The van der Waals surface area contributed by atoms with Crippen molar-refractivity contribution in [3.63, 3.8) is 0 Å². The first kappa shape index (κ1) is 34.6. The highest BCUT2D eigenvalue weighted by Gasteiger charge is 2.41. The van der Waals surface area contributed by atoms with Gasteiger partial charge in [-0.05, 0) is 61.4 Å². The van der Waals surface area contributed by atoms with E-state index in [1.807, 2.05) is 38.1 Å². The fourth-order valence-electron chi connectivity index (χ4n) is 5.62. The summed E-state index contributed by atoms with van der Waals surface area (Å²) >= 11 is 0. The Balaban J connectivity index is 1.48. The predicted molar refractivity (Wildman–Crippen MR) is 178 cm³/mol. The number of rotatable bonds is 13. The van der Waals surface area contributed by atoms with E-state index < -0.39 is 36.0 Å². The van der Waals surface area contributed by atoms with Crippen molar-refractivity contribution in [1.82, 2.24) is 25.8 Å². The number of hydrogen-bond donors (Lipinski definition) is 3. The molecule has 1 unspecified atom stereocenters. The van der Waals surface area contributed by atoms with Crippen LogP contribution in [0, 0.1) is 5.92 Å². The molecule has 244 valence electrons. The van der Waals surface area contributed by atoms with Crippen LogP contribution >= 0.6 is 21.6 Å². The summed E-state index contributed by atoms with van der Waals surface area (Å²) in [4.78, 5) is 61.7. The number of hydrogen-bond acceptors (Lipinski definition) is 8. The van der Waals surface area contributed by atoms with Crippen LogP contribution in [0.5, 0.6) is 5.75 Å². The van der Waals surface area contributed by atoms with Gasteiger partial charge in [0.1, 0.15) is 29.9 Å². The number of carbonyl (C=O) groups excluding carboxylic acids is 4. The monoisotopic (exact) mass is 655 g/mol. The van der Waals surface area contributed by atoms with Crippen LogP contribution < -0.4 is 20.7 Å². The van der Waals surface area contributed by atoms with E-state index in [0.717, 1.165) is 35.5 Å². The van der Waals surface area contributed by atoms with Gasteiger partial charge in [0.25, 0.3) is 0 Å². The molecule has 0 radical (unpaired) electrons. The van der Waals surface area contributed by atoms with Gasteiger partial charge in [0.15, 0.2) is 0 Å². The summed E-state index contributed by atoms with van der Waals surface area (Å²) in [6, 6.07) is 8.08. The van der Waals surface area contributed by atoms with Crippen molar-refractivity contribution >= 4 is 45.2 Å². The Morgan fingerprint density at radius 3 is 2.36 bits per heavy atom. The van der Waals surface area contributed by atoms with Crippen LogP contribution in [0.3, 0.4) is 0 Å². The highest BCUT2D eigenvalue weighted by Crippen LogP contribution is 2.31. The second kappa shape index (κ2) is 17.4. The van der Waals surface area contributed by atoms with E-state index in [9.17, 15) is 19.2 Å². The Morgan fingerprint density at radius 1 is 0.933 bits per heavy atom. The van der Waals surface area contributed by atoms with Gasteiger partial charge in [-0.25, -0.2) is 0 Å². The number of nitrogens with zero attached hydrogens (tertiary/aromatic N) is 2. The zero-order chi connectivity index (χ0) is 32.2. The molecule has 3 heterocycles. The lowest BCUT2D eigenvalue weighted by Gasteiger charge is -2.34. The standard InChI is InChI=1S/C33H45N5O5S2/c1-4-22(2)29-33(42)38-19-8-10-28(38)32(41)35-26(9-6-5-7-20-44-45-25-15-17-34-18-16-25)30(39)36-27(31(40)37-29)21-23-11-13-24(43-3)14-12-23/h11-18,22,26-29H,4-10,19-21H2,1-3H3,(H,35,41)(H,36,39)(H,37,40)/t22?,26-,27+,28+,29-/m0/s1. The minimum Gasteiger partial charge on any atom is -0.497 e. The molecule has 0 spiro atoms. The Labute approximate surface area is 274 Å². The molecule has 4 amide bonds. The van der Waals surface area contributed by atoms with Crippen LogP contribution in [0.2, 0.25) is 0 Å². The second-order valence-electron chi connectivity index (χ2n) is 11.7. The fourth-order valence-corrected chi connectivity index (χ4v) is 7.74. The summed E-state index contributed by atoms with van der Waals surface area (Å²) in [5.41, 5.74) is 0.831. The number of ether oxygens (including phenoxy) is 1. The zero-order valence-electron chi connectivity index (χ0n) is 26.3. The van der Waals surface area contributed by atoms with Crippen molar-refractivity contribution in [2.45, 2.75) is 94.3 Å². The average molecular weight is 656 g/mol. The Morgan fingerprint density at radius 2 is 1.64 bits per heavy atom.